The van der Waals surface area contributed by atoms with E-state index < -0.39 is 22.1 Å². The monoisotopic (exact) mass is 666 g/mol. The molecule has 216 valence electrons. The first-order chi connectivity index (χ1) is 18.2. The number of nitrogens with zero attached hydrogens (tertiary/aromatic N) is 1. The van der Waals surface area contributed by atoms with Crippen molar-refractivity contribution in [3.8, 4) is 0 Å². The van der Waals surface area contributed by atoms with Crippen LogP contribution in [0.3, 0.4) is 0 Å². The van der Waals surface area contributed by atoms with Gasteiger partial charge in [-0.15, -0.1) is 12.1 Å². The van der Waals surface area contributed by atoms with Crippen LogP contribution < -0.4 is 0 Å². The molecule has 0 spiro atoms. The third-order valence-corrected chi connectivity index (χ3v) is 7.30. The van der Waals surface area contributed by atoms with Gasteiger partial charge in [0, 0.05) is 4.90 Å². The molecule has 0 heterocycles. The van der Waals surface area contributed by atoms with Gasteiger partial charge in [0.2, 0.25) is 0 Å². The quantitative estimate of drug-likeness (QED) is 0.146. The number of sulfonamides is 1. The summed E-state index contributed by atoms with van der Waals surface area (Å²) in [5, 5.41) is 0. The molecule has 40 heavy (non-hydrogen) atoms. The molecule has 0 aromatic heterocycles. The molecule has 0 radical (unpaired) electrons. The number of halogens is 1. The van der Waals surface area contributed by atoms with Crippen molar-refractivity contribution in [2.75, 3.05) is 0 Å². The molecule has 0 aliphatic rings. The summed E-state index contributed by atoms with van der Waals surface area (Å²) in [4.78, 5) is 0.143. The average Bonchev–Trinajstić information content (AvgIpc) is 2.94. The summed E-state index contributed by atoms with van der Waals surface area (Å²) in [6.07, 6.45) is 0. The molecule has 2 atom stereocenters. The minimum atomic E-state index is -3.87. The van der Waals surface area contributed by atoms with E-state index in [-0.39, 0.29) is 19.7 Å². The first-order valence-corrected chi connectivity index (χ1v) is 15.9. The molecular formula is C33H41ClN2O2RuS. The third-order valence-electron chi connectivity index (χ3n) is 5.93. The summed E-state index contributed by atoms with van der Waals surface area (Å²) in [6, 6.07) is 32.0. The van der Waals surface area contributed by atoms with Crippen molar-refractivity contribution in [2.45, 2.75) is 58.0 Å². The second-order valence-corrected chi connectivity index (χ2v) is 10.8. The van der Waals surface area contributed by atoms with Crippen LogP contribution in [0.4, 0.5) is 0 Å². The maximum absolute atomic E-state index is 12.8. The normalized spacial score (nSPS) is 11.8. The first-order valence-electron chi connectivity index (χ1n) is 12.2. The molecule has 4 aromatic carbocycles. The third kappa shape index (κ3) is 11.6. The second-order valence-electron chi connectivity index (χ2n) is 9.20. The Morgan fingerprint density at radius 3 is 1.50 bits per heavy atom. The van der Waals surface area contributed by atoms with Crippen LogP contribution in [-0.4, -0.2) is 8.42 Å². The van der Waals surface area contributed by atoms with Crippen LogP contribution in [-0.2, 0) is 27.3 Å². The average molecular weight is 666 g/mol. The van der Waals surface area contributed by atoms with Crippen LogP contribution in [0.25, 0.3) is 10.5 Å². The van der Waals surface area contributed by atoms with Gasteiger partial charge in [-0.25, -0.2) is 8.42 Å². The van der Waals surface area contributed by atoms with Crippen molar-refractivity contribution >= 4 is 19.7 Å². The zero-order valence-corrected chi connectivity index (χ0v) is 26.3. The fraction of sp³-hybridized carbons (Fsp3) is 0.242. The van der Waals surface area contributed by atoms with Gasteiger partial charge < -0.3 is 17.9 Å². The Bertz CT molecular complexity index is 1320. The van der Waals surface area contributed by atoms with E-state index in [2.05, 4.69) is 59.4 Å². The standard InChI is InChI=1S/C21H20N2O2S.C10H14.CH4.CH3.ClH.Ru/c1-16-12-14-19(15-13-16)26(24,25)23-21(18-10-6-3-7-11-18)20(22)17-8-4-2-5-9-17;1-8(2)10-6-4-9(3)5-7-10;;;;/h2-15,20-22H,1H3;4-8H,1-3H3;1H4;1H3;1H;/q-2;;;-1;;+4/p-1/t20-,21-;;;;;/m0...../s1. The maximum atomic E-state index is 12.8. The zero-order valence-electron chi connectivity index (χ0n) is 23.0. The first kappa shape index (κ1) is 37.7. The number of hydrogen-bond acceptors (Lipinski definition) is 2. The Kier molecular flexibility index (Phi) is 17.8. The van der Waals surface area contributed by atoms with Crippen LogP contribution in [0.5, 0.6) is 0 Å². The topological polar surface area (TPSA) is 72.0 Å². The fourth-order valence-corrected chi connectivity index (χ4v) is 4.82. The van der Waals surface area contributed by atoms with Crippen molar-refractivity contribution in [3.05, 3.63) is 155 Å². The molecule has 7 heteroatoms. The number of benzene rings is 4. The minimum absolute atomic E-state index is 0. The molecule has 0 bridgehead atoms. The number of nitrogens with one attached hydrogen (secondary N) is 1. The Morgan fingerprint density at radius 1 is 0.675 bits per heavy atom. The van der Waals surface area contributed by atoms with Crippen LogP contribution in [0.15, 0.2) is 114 Å². The fourth-order valence-electron chi connectivity index (χ4n) is 3.68. The SMILES string of the molecule is C.Cc1ccc(C(C)C)cc1.Cc1ccc(S(=O)(=O)[N-][C@@H](c2ccccc2)[C@@H]([NH-])c2ccccc2)cc1.[CH3-].[Cl][Ru+3]. The molecule has 1 N–H and O–H groups in total. The number of hydrogen-bond donors (Lipinski definition) is 0. The van der Waals surface area contributed by atoms with Crippen LogP contribution >= 0.6 is 9.69 Å². The Labute approximate surface area is 257 Å². The van der Waals surface area contributed by atoms with Gasteiger partial charge in [0.05, 0.1) is 0 Å². The zero-order chi connectivity index (χ0) is 28.1. The molecule has 0 amide bonds. The summed E-state index contributed by atoms with van der Waals surface area (Å²) < 4.78 is 29.8. The van der Waals surface area contributed by atoms with Gasteiger partial charge >= 0.3 is 27.0 Å². The summed E-state index contributed by atoms with van der Waals surface area (Å²) in [7, 11) is 0.696. The van der Waals surface area contributed by atoms with Crippen LogP contribution in [0.1, 0.15) is 67.1 Å². The summed E-state index contributed by atoms with van der Waals surface area (Å²) in [5.41, 5.74) is 13.8. The van der Waals surface area contributed by atoms with Crippen molar-refractivity contribution in [1.82, 2.24) is 0 Å². The predicted octanol–water partition coefficient (Wildman–Crippen LogP) is 10.5. The van der Waals surface area contributed by atoms with Gasteiger partial charge in [-0.3, -0.25) is 0 Å². The predicted molar refractivity (Wildman–Crippen MR) is 169 cm³/mol. The molecular weight excluding hydrogens is 625 g/mol. The van der Waals surface area contributed by atoms with E-state index in [0.29, 0.717) is 11.5 Å². The van der Waals surface area contributed by atoms with Crippen molar-refractivity contribution in [3.63, 3.8) is 0 Å². The van der Waals surface area contributed by atoms with E-state index in [1.165, 1.54) is 11.1 Å². The van der Waals surface area contributed by atoms with E-state index in [9.17, 15) is 8.42 Å². The van der Waals surface area contributed by atoms with E-state index in [1.54, 1.807) is 24.3 Å². The van der Waals surface area contributed by atoms with E-state index in [0.717, 1.165) is 11.1 Å². The van der Waals surface area contributed by atoms with Crippen molar-refractivity contribution in [2.24, 2.45) is 0 Å². The van der Waals surface area contributed by atoms with Gasteiger partial charge in [-0.05, 0) is 37.5 Å². The van der Waals surface area contributed by atoms with Gasteiger partial charge in [-0.2, -0.15) is 0 Å². The van der Waals surface area contributed by atoms with Crippen molar-refractivity contribution in [1.29, 1.82) is 0 Å². The molecule has 0 saturated carbocycles. The van der Waals surface area contributed by atoms with Crippen LogP contribution in [0.2, 0.25) is 0 Å². The van der Waals surface area contributed by atoms with Gasteiger partial charge in [0.25, 0.3) is 0 Å². The van der Waals surface area contributed by atoms with Crippen molar-refractivity contribution < 1.29 is 25.7 Å². The second kappa shape index (κ2) is 18.9. The van der Waals surface area contributed by atoms with E-state index >= 15 is 0 Å². The molecule has 0 fully saturated rings. The molecule has 0 saturated heterocycles. The molecule has 0 unspecified atom stereocenters. The molecule has 4 nitrogen and oxygen atoms in total. The number of rotatable bonds is 7. The Balaban J connectivity index is 0.000000920. The molecule has 4 aromatic rings. The Morgan fingerprint density at radius 2 is 1.07 bits per heavy atom. The van der Waals surface area contributed by atoms with Crippen LogP contribution in [0, 0.1) is 21.3 Å². The molecule has 0 aliphatic heterocycles. The van der Waals surface area contributed by atoms with Gasteiger partial charge in [0.1, 0.15) is 10.0 Å². The van der Waals surface area contributed by atoms with Gasteiger partial charge in [-0.1, -0.05) is 141 Å². The Hall–Kier alpha value is -2.34. The van der Waals surface area contributed by atoms with Gasteiger partial charge in [0.15, 0.2) is 0 Å². The molecule has 0 aliphatic carbocycles. The summed E-state index contributed by atoms with van der Waals surface area (Å²) >= 11 is 1.82. The van der Waals surface area contributed by atoms with E-state index in [1.807, 2.05) is 84.9 Å². The molecule has 4 rings (SSSR count). The van der Waals surface area contributed by atoms with E-state index in [4.69, 9.17) is 5.73 Å². The summed E-state index contributed by atoms with van der Waals surface area (Å²) in [5.74, 6) is 0.653. The number of aryl methyl sites for hydroxylation is 2. The summed E-state index contributed by atoms with van der Waals surface area (Å²) in [6.45, 7) is 8.44.